The molecule has 0 radical (unpaired) electrons. The van der Waals surface area contributed by atoms with Crippen molar-refractivity contribution in [1.29, 1.82) is 0 Å². The molecule has 1 unspecified atom stereocenters. The van der Waals surface area contributed by atoms with E-state index in [1.165, 1.54) is 10.5 Å². The molecule has 0 bridgehead atoms. The normalized spacial score (nSPS) is 19.9. The van der Waals surface area contributed by atoms with Crippen LogP contribution in [0.25, 0.3) is 5.69 Å². The minimum Gasteiger partial charge on any atom is -0.448 e. The van der Waals surface area contributed by atoms with Gasteiger partial charge in [-0.3, -0.25) is 14.6 Å². The second-order valence-electron chi connectivity index (χ2n) is 7.70. The Hall–Kier alpha value is -2.87. The Labute approximate surface area is 170 Å². The molecule has 1 aromatic carbocycles. The van der Waals surface area contributed by atoms with E-state index in [4.69, 9.17) is 4.74 Å². The van der Waals surface area contributed by atoms with Gasteiger partial charge in [0.2, 0.25) is 5.91 Å². The first-order valence-electron chi connectivity index (χ1n) is 10.2. The Morgan fingerprint density at radius 3 is 3.00 bits per heavy atom. The third-order valence-corrected chi connectivity index (χ3v) is 5.46. The van der Waals surface area contributed by atoms with Crippen molar-refractivity contribution >= 4 is 12.0 Å². The molecule has 8 heteroatoms. The molecule has 0 saturated carbocycles. The van der Waals surface area contributed by atoms with Crippen molar-refractivity contribution in [2.24, 2.45) is 5.92 Å². The first kappa shape index (κ1) is 19.4. The summed E-state index contributed by atoms with van der Waals surface area (Å²) < 4.78 is 6.73. The maximum Gasteiger partial charge on any atom is 0.410 e. The number of cyclic esters (lactones) is 1. The summed E-state index contributed by atoms with van der Waals surface area (Å²) in [5.41, 5.74) is 2.32. The first-order valence-corrected chi connectivity index (χ1v) is 10.2. The van der Waals surface area contributed by atoms with Gasteiger partial charge in [0, 0.05) is 32.0 Å². The van der Waals surface area contributed by atoms with E-state index in [1.54, 1.807) is 6.20 Å². The predicted octanol–water partition coefficient (Wildman–Crippen LogP) is 1.65. The van der Waals surface area contributed by atoms with Crippen LogP contribution < -0.4 is 5.32 Å². The van der Waals surface area contributed by atoms with E-state index in [-0.39, 0.29) is 12.5 Å². The lowest BCUT2D eigenvalue weighted by Gasteiger charge is -2.33. The molecular weight excluding hydrogens is 370 g/mol. The highest BCUT2D eigenvalue weighted by Gasteiger charge is 2.25. The van der Waals surface area contributed by atoms with Crippen molar-refractivity contribution in [2.75, 3.05) is 39.3 Å². The number of hydrogen-bond acceptors (Lipinski definition) is 5. The number of benzene rings is 1. The quantitative estimate of drug-likeness (QED) is 0.769. The van der Waals surface area contributed by atoms with Crippen molar-refractivity contribution in [3.63, 3.8) is 0 Å². The first-order chi connectivity index (χ1) is 14.2. The van der Waals surface area contributed by atoms with Gasteiger partial charge in [-0.15, -0.1) is 0 Å². The van der Waals surface area contributed by atoms with Crippen LogP contribution in [0.3, 0.4) is 0 Å². The van der Waals surface area contributed by atoms with Gasteiger partial charge in [-0.2, -0.15) is 5.10 Å². The molecule has 2 fully saturated rings. The van der Waals surface area contributed by atoms with Gasteiger partial charge < -0.3 is 10.1 Å². The summed E-state index contributed by atoms with van der Waals surface area (Å²) in [5.74, 6) is 0.306. The van der Waals surface area contributed by atoms with E-state index in [9.17, 15) is 9.59 Å². The number of piperidine rings is 1. The summed E-state index contributed by atoms with van der Waals surface area (Å²) in [5, 5.41) is 7.28. The molecule has 1 atom stereocenters. The lowest BCUT2D eigenvalue weighted by Crippen LogP contribution is -2.43. The third-order valence-electron chi connectivity index (χ3n) is 5.46. The average Bonchev–Trinajstić information content (AvgIpc) is 3.40. The fourth-order valence-corrected chi connectivity index (χ4v) is 4.00. The Bertz CT molecular complexity index is 839. The molecule has 2 aliphatic rings. The standard InChI is InChI=1S/C21H27N5O3/c27-20(16-25-10-11-29-21(25)28)22-13-18-5-2-8-24(15-18)14-17-4-1-6-19(12-17)26-9-3-7-23-26/h1,3-4,6-7,9,12,18H,2,5,8,10-11,13-16H2,(H,22,27). The molecule has 4 rings (SSSR count). The number of aromatic nitrogens is 2. The van der Waals surface area contributed by atoms with Crippen molar-refractivity contribution in [1.82, 2.24) is 24.9 Å². The van der Waals surface area contributed by atoms with Crippen molar-refractivity contribution < 1.29 is 14.3 Å². The summed E-state index contributed by atoms with van der Waals surface area (Å²) in [4.78, 5) is 27.5. The van der Waals surface area contributed by atoms with Crippen LogP contribution in [-0.2, 0) is 16.1 Å². The summed E-state index contributed by atoms with van der Waals surface area (Å²) in [6, 6.07) is 10.4. The van der Waals surface area contributed by atoms with Crippen molar-refractivity contribution in [3.8, 4) is 5.69 Å². The number of nitrogens with one attached hydrogen (secondary N) is 1. The van der Waals surface area contributed by atoms with Crippen LogP contribution in [0.4, 0.5) is 4.79 Å². The van der Waals surface area contributed by atoms with Crippen LogP contribution in [0, 0.1) is 5.92 Å². The summed E-state index contributed by atoms with van der Waals surface area (Å²) in [7, 11) is 0. The van der Waals surface area contributed by atoms with Gasteiger partial charge in [-0.25, -0.2) is 9.48 Å². The number of carbonyl (C=O) groups excluding carboxylic acids is 2. The van der Waals surface area contributed by atoms with Crippen molar-refractivity contribution in [2.45, 2.75) is 19.4 Å². The Morgan fingerprint density at radius 1 is 1.28 bits per heavy atom. The highest BCUT2D eigenvalue weighted by atomic mass is 16.6. The van der Waals surface area contributed by atoms with Gasteiger partial charge in [-0.1, -0.05) is 12.1 Å². The molecule has 8 nitrogen and oxygen atoms in total. The highest BCUT2D eigenvalue weighted by Crippen LogP contribution is 2.19. The molecule has 2 aliphatic heterocycles. The van der Waals surface area contributed by atoms with Gasteiger partial charge >= 0.3 is 6.09 Å². The molecule has 1 aromatic heterocycles. The summed E-state index contributed by atoms with van der Waals surface area (Å²) in [6.07, 6.45) is 5.55. The predicted molar refractivity (Wildman–Crippen MR) is 107 cm³/mol. The second-order valence-corrected chi connectivity index (χ2v) is 7.70. The van der Waals surface area contributed by atoms with Gasteiger partial charge in [0.25, 0.3) is 0 Å². The number of likely N-dealkylation sites (tertiary alicyclic amines) is 1. The molecule has 3 heterocycles. The molecule has 0 spiro atoms. The minimum atomic E-state index is -0.402. The second kappa shape index (κ2) is 9.09. The van der Waals surface area contributed by atoms with E-state index in [2.05, 4.69) is 39.6 Å². The molecular formula is C21H27N5O3. The van der Waals surface area contributed by atoms with Crippen LogP contribution in [0.1, 0.15) is 18.4 Å². The van der Waals surface area contributed by atoms with E-state index in [1.807, 2.05) is 16.9 Å². The molecule has 2 saturated heterocycles. The minimum absolute atomic E-state index is 0.0789. The largest absolute Gasteiger partial charge is 0.448 e. The number of rotatable bonds is 7. The number of nitrogens with zero attached hydrogens (tertiary/aromatic N) is 4. The van der Waals surface area contributed by atoms with Crippen LogP contribution in [0.15, 0.2) is 42.7 Å². The van der Waals surface area contributed by atoms with Crippen LogP contribution >= 0.6 is 0 Å². The van der Waals surface area contributed by atoms with Gasteiger partial charge in [0.1, 0.15) is 13.2 Å². The van der Waals surface area contributed by atoms with Crippen LogP contribution in [0.2, 0.25) is 0 Å². The zero-order valence-corrected chi connectivity index (χ0v) is 16.5. The number of hydrogen-bond donors (Lipinski definition) is 1. The number of amides is 2. The maximum absolute atomic E-state index is 12.1. The highest BCUT2D eigenvalue weighted by molar-refractivity contribution is 5.82. The number of ether oxygens (including phenoxy) is 1. The zero-order valence-electron chi connectivity index (χ0n) is 16.5. The lowest BCUT2D eigenvalue weighted by molar-refractivity contribution is -0.121. The Kier molecular flexibility index (Phi) is 6.09. The van der Waals surface area contributed by atoms with Crippen molar-refractivity contribution in [3.05, 3.63) is 48.3 Å². The summed E-state index contributed by atoms with van der Waals surface area (Å²) in [6.45, 7) is 4.49. The molecule has 29 heavy (non-hydrogen) atoms. The van der Waals surface area contributed by atoms with E-state index in [0.717, 1.165) is 38.2 Å². The van der Waals surface area contributed by atoms with Gasteiger partial charge in [0.05, 0.1) is 12.2 Å². The third kappa shape index (κ3) is 5.14. The SMILES string of the molecule is O=C(CN1CCOC1=O)NCC1CCCN(Cc2cccc(-n3cccn3)c2)C1. The number of carbonyl (C=O) groups is 2. The van der Waals surface area contributed by atoms with Gasteiger partial charge in [-0.05, 0) is 49.1 Å². The Balaban J connectivity index is 1.26. The summed E-state index contributed by atoms with van der Waals surface area (Å²) >= 11 is 0. The smallest absolute Gasteiger partial charge is 0.410 e. The fourth-order valence-electron chi connectivity index (χ4n) is 4.00. The molecule has 2 amide bonds. The molecule has 154 valence electrons. The van der Waals surface area contributed by atoms with Gasteiger partial charge in [0.15, 0.2) is 0 Å². The van der Waals surface area contributed by atoms with Crippen LogP contribution in [0.5, 0.6) is 0 Å². The van der Waals surface area contributed by atoms with E-state index >= 15 is 0 Å². The lowest BCUT2D eigenvalue weighted by atomic mass is 9.97. The van der Waals surface area contributed by atoms with Crippen LogP contribution in [-0.4, -0.2) is 70.9 Å². The fraction of sp³-hybridized carbons (Fsp3) is 0.476. The molecule has 2 aromatic rings. The maximum atomic E-state index is 12.1. The van der Waals surface area contributed by atoms with E-state index < -0.39 is 6.09 Å². The zero-order chi connectivity index (χ0) is 20.1. The van der Waals surface area contributed by atoms with E-state index in [0.29, 0.717) is 25.6 Å². The molecule has 0 aliphatic carbocycles. The monoisotopic (exact) mass is 397 g/mol. The topological polar surface area (TPSA) is 79.7 Å². The average molecular weight is 397 g/mol. The molecule has 1 N–H and O–H groups in total. The Morgan fingerprint density at radius 2 is 2.21 bits per heavy atom.